The first-order valence-corrected chi connectivity index (χ1v) is 6.69. The summed E-state index contributed by atoms with van der Waals surface area (Å²) in [6.45, 7) is 0.574. The predicted octanol–water partition coefficient (Wildman–Crippen LogP) is 1.75. The number of aromatic nitrogens is 2. The van der Waals surface area contributed by atoms with Crippen molar-refractivity contribution in [2.24, 2.45) is 0 Å². The third kappa shape index (κ3) is 3.12. The van der Waals surface area contributed by atoms with Gasteiger partial charge in [0.05, 0.1) is 6.54 Å². The van der Waals surface area contributed by atoms with Crippen LogP contribution in [0.2, 0.25) is 5.15 Å². The van der Waals surface area contributed by atoms with Crippen LogP contribution in [0.15, 0.2) is 17.5 Å². The van der Waals surface area contributed by atoms with Crippen LogP contribution in [-0.4, -0.2) is 22.9 Å². The van der Waals surface area contributed by atoms with Crippen LogP contribution in [0.1, 0.15) is 15.4 Å². The Labute approximate surface area is 119 Å². The van der Waals surface area contributed by atoms with Gasteiger partial charge in [-0.1, -0.05) is 17.7 Å². The molecule has 6 nitrogen and oxygen atoms in total. The van der Waals surface area contributed by atoms with Gasteiger partial charge in [0.2, 0.25) is 0 Å². The van der Waals surface area contributed by atoms with E-state index in [1.165, 1.54) is 7.05 Å². The molecule has 1 amide bonds. The largest absolute Gasteiger partial charge is 0.382 e. The first kappa shape index (κ1) is 13.6. The average Bonchev–Trinajstić information content (AvgIpc) is 2.91. The first-order valence-electron chi connectivity index (χ1n) is 5.43. The van der Waals surface area contributed by atoms with E-state index in [2.05, 4.69) is 20.6 Å². The Morgan fingerprint density at radius 1 is 1.53 bits per heavy atom. The molecule has 0 aliphatic carbocycles. The molecule has 0 atom stereocenters. The van der Waals surface area contributed by atoms with E-state index in [0.29, 0.717) is 12.4 Å². The fourth-order valence-corrected chi connectivity index (χ4v) is 2.25. The second-order valence-corrected chi connectivity index (χ2v) is 5.00. The van der Waals surface area contributed by atoms with Crippen LogP contribution >= 0.6 is 22.9 Å². The molecule has 0 spiro atoms. The van der Waals surface area contributed by atoms with Crippen molar-refractivity contribution >= 4 is 40.5 Å². The molecule has 4 N–H and O–H groups in total. The average molecular weight is 298 g/mol. The van der Waals surface area contributed by atoms with E-state index in [-0.39, 0.29) is 16.7 Å². The van der Waals surface area contributed by atoms with E-state index >= 15 is 0 Å². The minimum atomic E-state index is -0.420. The van der Waals surface area contributed by atoms with Crippen molar-refractivity contribution in [3.63, 3.8) is 0 Å². The molecule has 0 unspecified atom stereocenters. The number of carbonyl (C=O) groups excluding carboxylic acids is 1. The van der Waals surface area contributed by atoms with Gasteiger partial charge in [0.1, 0.15) is 0 Å². The normalized spacial score (nSPS) is 10.2. The summed E-state index contributed by atoms with van der Waals surface area (Å²) < 4.78 is 0. The number of nitrogens with one attached hydrogen (secondary N) is 2. The molecule has 0 fully saturated rings. The maximum atomic E-state index is 11.5. The van der Waals surface area contributed by atoms with Gasteiger partial charge in [-0.25, -0.2) is 9.97 Å². The lowest BCUT2D eigenvalue weighted by molar-refractivity contribution is 0.0959. The van der Waals surface area contributed by atoms with Gasteiger partial charge >= 0.3 is 0 Å². The van der Waals surface area contributed by atoms with E-state index in [9.17, 15) is 4.79 Å². The molecule has 0 radical (unpaired) electrons. The molecule has 2 heterocycles. The number of hydrogen-bond acceptors (Lipinski definition) is 6. The molecule has 8 heteroatoms. The summed E-state index contributed by atoms with van der Waals surface area (Å²) in [5.41, 5.74) is 5.71. The van der Waals surface area contributed by atoms with Gasteiger partial charge in [0.25, 0.3) is 5.91 Å². The maximum absolute atomic E-state index is 11.5. The van der Waals surface area contributed by atoms with Crippen LogP contribution in [0.5, 0.6) is 0 Å². The van der Waals surface area contributed by atoms with Gasteiger partial charge in [-0.05, 0) is 11.4 Å². The van der Waals surface area contributed by atoms with Crippen molar-refractivity contribution in [2.45, 2.75) is 6.54 Å². The summed E-state index contributed by atoms with van der Waals surface area (Å²) in [5, 5.41) is 7.55. The lowest BCUT2D eigenvalue weighted by Gasteiger charge is -2.09. The highest BCUT2D eigenvalue weighted by Crippen LogP contribution is 2.21. The minimum Gasteiger partial charge on any atom is -0.382 e. The summed E-state index contributed by atoms with van der Waals surface area (Å²) in [6.07, 6.45) is 0. The fourth-order valence-electron chi connectivity index (χ4n) is 1.41. The number of carbonyl (C=O) groups is 1. The molecule has 0 aromatic carbocycles. The van der Waals surface area contributed by atoms with Crippen LogP contribution in [0.25, 0.3) is 0 Å². The van der Waals surface area contributed by atoms with Crippen LogP contribution in [0.4, 0.5) is 11.6 Å². The van der Waals surface area contributed by atoms with Gasteiger partial charge < -0.3 is 16.4 Å². The molecule has 0 bridgehead atoms. The van der Waals surface area contributed by atoms with Gasteiger partial charge in [-0.3, -0.25) is 4.79 Å². The lowest BCUT2D eigenvalue weighted by Crippen LogP contribution is -2.22. The van der Waals surface area contributed by atoms with Crippen molar-refractivity contribution in [3.05, 3.63) is 33.2 Å². The zero-order valence-corrected chi connectivity index (χ0v) is 11.7. The van der Waals surface area contributed by atoms with Crippen molar-refractivity contribution in [3.8, 4) is 0 Å². The van der Waals surface area contributed by atoms with Crippen LogP contribution in [0.3, 0.4) is 0 Å². The quantitative estimate of drug-likeness (QED) is 0.799. The molecule has 0 saturated carbocycles. The number of hydrogen-bond donors (Lipinski definition) is 3. The predicted molar refractivity (Wildman–Crippen MR) is 76.5 cm³/mol. The number of thiophene rings is 1. The summed E-state index contributed by atoms with van der Waals surface area (Å²) in [5.74, 6) is -0.0191. The van der Waals surface area contributed by atoms with Gasteiger partial charge in [0, 0.05) is 11.9 Å². The van der Waals surface area contributed by atoms with E-state index in [0.717, 1.165) is 4.88 Å². The third-order valence-electron chi connectivity index (χ3n) is 2.33. The van der Waals surface area contributed by atoms with Crippen LogP contribution < -0.4 is 16.4 Å². The molecule has 2 aromatic rings. The minimum absolute atomic E-state index is 0.0224. The van der Waals surface area contributed by atoms with E-state index in [1.54, 1.807) is 11.3 Å². The second kappa shape index (κ2) is 5.85. The van der Waals surface area contributed by atoms with E-state index < -0.39 is 5.91 Å². The Morgan fingerprint density at radius 3 is 2.95 bits per heavy atom. The molecule has 2 aromatic heterocycles. The van der Waals surface area contributed by atoms with Gasteiger partial charge in [-0.2, -0.15) is 0 Å². The summed E-state index contributed by atoms with van der Waals surface area (Å²) >= 11 is 7.59. The van der Waals surface area contributed by atoms with Gasteiger partial charge in [-0.15, -0.1) is 11.3 Å². The molecule has 100 valence electrons. The molecule has 0 saturated heterocycles. The number of nitrogens with two attached hydrogens (primary N) is 1. The number of nitrogens with zero attached hydrogens (tertiary/aromatic N) is 2. The Bertz CT molecular complexity index is 587. The van der Waals surface area contributed by atoms with Crippen molar-refractivity contribution in [1.29, 1.82) is 0 Å². The fraction of sp³-hybridized carbons (Fsp3) is 0.182. The van der Waals surface area contributed by atoms with Crippen LogP contribution in [0, 0.1) is 0 Å². The number of rotatable bonds is 4. The highest BCUT2D eigenvalue weighted by Gasteiger charge is 2.15. The number of amides is 1. The zero-order chi connectivity index (χ0) is 13.8. The molecular weight excluding hydrogens is 286 g/mol. The Balaban J connectivity index is 2.18. The Kier molecular flexibility index (Phi) is 4.18. The highest BCUT2D eigenvalue weighted by molar-refractivity contribution is 7.09. The number of halogens is 1. The highest BCUT2D eigenvalue weighted by atomic mass is 35.5. The third-order valence-corrected chi connectivity index (χ3v) is 3.47. The number of nitrogen functional groups attached to an aromatic ring is 1. The second-order valence-electron chi connectivity index (χ2n) is 3.61. The van der Waals surface area contributed by atoms with Crippen molar-refractivity contribution in [1.82, 2.24) is 15.3 Å². The van der Waals surface area contributed by atoms with Crippen LogP contribution in [-0.2, 0) is 6.54 Å². The SMILES string of the molecule is CNC(=O)c1nc(Cl)c(NCc2cccs2)nc1N. The smallest absolute Gasteiger partial charge is 0.273 e. The molecular formula is C11H12ClN5OS. The van der Waals surface area contributed by atoms with E-state index in [1.807, 2.05) is 17.5 Å². The van der Waals surface area contributed by atoms with E-state index in [4.69, 9.17) is 17.3 Å². The Morgan fingerprint density at radius 2 is 2.32 bits per heavy atom. The molecule has 0 aliphatic rings. The zero-order valence-electron chi connectivity index (χ0n) is 10.1. The van der Waals surface area contributed by atoms with Crippen molar-refractivity contribution < 1.29 is 4.79 Å². The summed E-state index contributed by atoms with van der Waals surface area (Å²) in [4.78, 5) is 20.6. The lowest BCUT2D eigenvalue weighted by atomic mass is 10.4. The molecule has 2 rings (SSSR count). The Hall–Kier alpha value is -1.86. The first-order chi connectivity index (χ1) is 9.11. The summed E-state index contributed by atoms with van der Waals surface area (Å²) in [6, 6.07) is 3.94. The number of anilines is 2. The summed E-state index contributed by atoms with van der Waals surface area (Å²) in [7, 11) is 1.49. The molecule has 19 heavy (non-hydrogen) atoms. The topological polar surface area (TPSA) is 92.9 Å². The monoisotopic (exact) mass is 297 g/mol. The maximum Gasteiger partial charge on any atom is 0.273 e. The molecule has 0 aliphatic heterocycles. The van der Waals surface area contributed by atoms with Gasteiger partial charge in [0.15, 0.2) is 22.5 Å². The van der Waals surface area contributed by atoms with Crippen molar-refractivity contribution in [2.75, 3.05) is 18.1 Å². The standard InChI is InChI=1S/C11H12ClN5OS/c1-14-11(18)7-9(13)17-10(8(12)16-7)15-5-6-3-2-4-19-6/h2-4H,5H2,1H3,(H,14,18)(H3,13,15,17).